The Balaban J connectivity index is 1.72. The van der Waals surface area contributed by atoms with Crippen LogP contribution in [-0.2, 0) is 16.0 Å². The fourth-order valence-electron chi connectivity index (χ4n) is 3.42. The summed E-state index contributed by atoms with van der Waals surface area (Å²) in [7, 11) is 0. The molecule has 5 nitrogen and oxygen atoms in total. The summed E-state index contributed by atoms with van der Waals surface area (Å²) in [6, 6.07) is 17.4. The highest BCUT2D eigenvalue weighted by atomic mass is 19.4. The molecule has 1 N–H and O–H groups in total. The molecule has 2 aromatic carbocycles. The Morgan fingerprint density at radius 2 is 1.67 bits per heavy atom. The van der Waals surface area contributed by atoms with Gasteiger partial charge in [0, 0.05) is 18.0 Å². The molecule has 2 amide bonds. The van der Waals surface area contributed by atoms with E-state index in [-0.39, 0.29) is 12.4 Å². The molecule has 0 spiro atoms. The standard InChI is InChI=1S/C22H20F3N3O2/c23-22(24,25)21(27-19(29)17-11-12-17)20(30)28(14-13-15-7-3-1-4-8-15)18(26-21)16-9-5-2-6-10-16/h1-10,17H,11-14H2,(H,27,29)/t21-/m0/s1. The zero-order valence-corrected chi connectivity index (χ0v) is 16.0. The number of hydrogen-bond donors (Lipinski definition) is 1. The topological polar surface area (TPSA) is 61.8 Å². The van der Waals surface area contributed by atoms with Crippen molar-refractivity contribution in [1.29, 1.82) is 0 Å². The van der Waals surface area contributed by atoms with Crippen molar-refractivity contribution in [2.24, 2.45) is 10.9 Å². The Kier molecular flexibility index (Phi) is 5.09. The molecule has 30 heavy (non-hydrogen) atoms. The van der Waals surface area contributed by atoms with Gasteiger partial charge in [-0.15, -0.1) is 0 Å². The normalized spacial score (nSPS) is 21.5. The highest BCUT2D eigenvalue weighted by Crippen LogP contribution is 2.40. The minimum atomic E-state index is -5.07. The molecule has 1 saturated carbocycles. The molecule has 0 radical (unpaired) electrons. The largest absolute Gasteiger partial charge is 0.442 e. The van der Waals surface area contributed by atoms with E-state index in [1.165, 1.54) is 0 Å². The number of rotatable bonds is 6. The number of amides is 2. The molecule has 1 fully saturated rings. The second kappa shape index (κ2) is 7.59. The Morgan fingerprint density at radius 1 is 1.07 bits per heavy atom. The van der Waals surface area contributed by atoms with Gasteiger partial charge in [0.15, 0.2) is 0 Å². The summed E-state index contributed by atoms with van der Waals surface area (Å²) in [5.41, 5.74) is -2.04. The molecule has 1 aliphatic carbocycles. The Bertz CT molecular complexity index is 972. The van der Waals surface area contributed by atoms with Crippen LogP contribution in [0.25, 0.3) is 0 Å². The van der Waals surface area contributed by atoms with E-state index in [0.29, 0.717) is 24.8 Å². The maximum Gasteiger partial charge on any atom is 0.442 e. The van der Waals surface area contributed by atoms with Crippen molar-refractivity contribution in [1.82, 2.24) is 10.2 Å². The zero-order chi connectivity index (χ0) is 21.4. The number of halogens is 3. The molecular formula is C22H20F3N3O2. The lowest BCUT2D eigenvalue weighted by Gasteiger charge is -2.29. The third kappa shape index (κ3) is 3.69. The summed E-state index contributed by atoms with van der Waals surface area (Å²) in [6.07, 6.45) is -3.69. The molecule has 8 heteroatoms. The number of benzene rings is 2. The molecule has 156 valence electrons. The molecule has 0 unspecified atom stereocenters. The Hall–Kier alpha value is -3.16. The minimum Gasteiger partial charge on any atom is -0.316 e. The van der Waals surface area contributed by atoms with E-state index in [9.17, 15) is 22.8 Å². The minimum absolute atomic E-state index is 0.00764. The smallest absolute Gasteiger partial charge is 0.316 e. The molecule has 2 aromatic rings. The number of hydrogen-bond acceptors (Lipinski definition) is 3. The fraction of sp³-hybridized carbons (Fsp3) is 0.318. The second-order valence-corrected chi connectivity index (χ2v) is 7.47. The van der Waals surface area contributed by atoms with E-state index in [4.69, 9.17) is 0 Å². The van der Waals surface area contributed by atoms with Crippen molar-refractivity contribution in [3.63, 3.8) is 0 Å². The van der Waals surface area contributed by atoms with Gasteiger partial charge in [0.05, 0.1) is 0 Å². The van der Waals surface area contributed by atoms with Gasteiger partial charge in [0.1, 0.15) is 5.84 Å². The van der Waals surface area contributed by atoms with E-state index in [0.717, 1.165) is 10.5 Å². The highest BCUT2D eigenvalue weighted by Gasteiger charge is 2.67. The lowest BCUT2D eigenvalue weighted by molar-refractivity contribution is -0.200. The first-order valence-electron chi connectivity index (χ1n) is 9.72. The van der Waals surface area contributed by atoms with E-state index in [1.807, 2.05) is 35.6 Å². The quantitative estimate of drug-likeness (QED) is 0.787. The van der Waals surface area contributed by atoms with Crippen LogP contribution in [0.1, 0.15) is 24.0 Å². The number of amidine groups is 1. The maximum absolute atomic E-state index is 14.2. The van der Waals surface area contributed by atoms with Crippen LogP contribution in [0.3, 0.4) is 0 Å². The number of alkyl halides is 3. The van der Waals surface area contributed by atoms with Gasteiger partial charge in [-0.3, -0.25) is 14.5 Å². The van der Waals surface area contributed by atoms with Crippen molar-refractivity contribution in [2.75, 3.05) is 6.54 Å². The van der Waals surface area contributed by atoms with Crippen molar-refractivity contribution >= 4 is 17.6 Å². The molecule has 1 heterocycles. The summed E-state index contributed by atoms with van der Waals surface area (Å²) in [4.78, 5) is 30.2. The van der Waals surface area contributed by atoms with Crippen LogP contribution in [0.2, 0.25) is 0 Å². The van der Waals surface area contributed by atoms with Crippen LogP contribution in [0.15, 0.2) is 65.7 Å². The predicted molar refractivity (Wildman–Crippen MR) is 104 cm³/mol. The fourth-order valence-corrected chi connectivity index (χ4v) is 3.42. The average Bonchev–Trinajstić information content (AvgIpc) is 3.54. The van der Waals surface area contributed by atoms with Crippen LogP contribution in [0, 0.1) is 5.92 Å². The Labute approximate surface area is 171 Å². The molecule has 1 aliphatic heterocycles. The van der Waals surface area contributed by atoms with Crippen LogP contribution >= 0.6 is 0 Å². The van der Waals surface area contributed by atoms with Gasteiger partial charge in [0.2, 0.25) is 5.91 Å². The molecule has 0 bridgehead atoms. The van der Waals surface area contributed by atoms with Crippen LogP contribution in [0.4, 0.5) is 13.2 Å². The van der Waals surface area contributed by atoms with Crippen molar-refractivity contribution in [3.05, 3.63) is 71.8 Å². The molecule has 1 atom stereocenters. The van der Waals surface area contributed by atoms with Gasteiger partial charge < -0.3 is 5.32 Å². The van der Waals surface area contributed by atoms with Crippen molar-refractivity contribution < 1.29 is 22.8 Å². The third-order valence-electron chi connectivity index (χ3n) is 5.25. The van der Waals surface area contributed by atoms with Gasteiger partial charge >= 0.3 is 11.8 Å². The summed E-state index contributed by atoms with van der Waals surface area (Å²) in [5.74, 6) is -2.66. The lowest BCUT2D eigenvalue weighted by atomic mass is 10.1. The summed E-state index contributed by atoms with van der Waals surface area (Å²) in [6.45, 7) is 0.00764. The first-order valence-corrected chi connectivity index (χ1v) is 9.72. The average molecular weight is 415 g/mol. The molecule has 0 saturated heterocycles. The third-order valence-corrected chi connectivity index (χ3v) is 5.25. The van der Waals surface area contributed by atoms with Gasteiger partial charge in [-0.05, 0) is 24.8 Å². The molecular weight excluding hydrogens is 395 g/mol. The van der Waals surface area contributed by atoms with E-state index >= 15 is 0 Å². The number of nitrogens with zero attached hydrogens (tertiary/aromatic N) is 2. The Morgan fingerprint density at radius 3 is 2.23 bits per heavy atom. The van der Waals surface area contributed by atoms with Crippen molar-refractivity contribution in [3.8, 4) is 0 Å². The second-order valence-electron chi connectivity index (χ2n) is 7.47. The number of aliphatic imine (C=N–C) groups is 1. The zero-order valence-electron chi connectivity index (χ0n) is 16.0. The van der Waals surface area contributed by atoms with Crippen LogP contribution < -0.4 is 5.32 Å². The van der Waals surface area contributed by atoms with E-state index < -0.39 is 29.6 Å². The summed E-state index contributed by atoms with van der Waals surface area (Å²) >= 11 is 0. The number of nitrogens with one attached hydrogen (secondary N) is 1. The van der Waals surface area contributed by atoms with Crippen LogP contribution in [0.5, 0.6) is 0 Å². The maximum atomic E-state index is 14.2. The van der Waals surface area contributed by atoms with Gasteiger partial charge in [0.25, 0.3) is 5.91 Å². The molecule has 4 rings (SSSR count). The summed E-state index contributed by atoms with van der Waals surface area (Å²) < 4.78 is 42.5. The van der Waals surface area contributed by atoms with Gasteiger partial charge in [-0.25, -0.2) is 4.99 Å². The number of carbonyl (C=O) groups is 2. The number of carbonyl (C=O) groups excluding carboxylic acids is 2. The van der Waals surface area contributed by atoms with Gasteiger partial charge in [-0.1, -0.05) is 60.7 Å². The highest BCUT2D eigenvalue weighted by molar-refractivity contribution is 6.16. The van der Waals surface area contributed by atoms with E-state index in [1.54, 1.807) is 30.3 Å². The first kappa shape index (κ1) is 20.1. The first-order chi connectivity index (χ1) is 14.3. The molecule has 0 aromatic heterocycles. The monoisotopic (exact) mass is 415 g/mol. The predicted octanol–water partition coefficient (Wildman–Crippen LogP) is 3.30. The van der Waals surface area contributed by atoms with Crippen LogP contribution in [-0.4, -0.2) is 40.9 Å². The van der Waals surface area contributed by atoms with Gasteiger partial charge in [-0.2, -0.15) is 13.2 Å². The lowest BCUT2D eigenvalue weighted by Crippen LogP contribution is -2.63. The van der Waals surface area contributed by atoms with E-state index in [2.05, 4.69) is 4.99 Å². The summed E-state index contributed by atoms with van der Waals surface area (Å²) in [5, 5.41) is 1.93. The SMILES string of the molecule is O=C(N[C@@]1(C(F)(F)F)N=C(c2ccccc2)N(CCc2ccccc2)C1=O)C1CC1. The van der Waals surface area contributed by atoms with Crippen molar-refractivity contribution in [2.45, 2.75) is 31.1 Å². The molecule has 2 aliphatic rings.